The molecule has 1 N–H and O–H groups in total. The summed E-state index contributed by atoms with van der Waals surface area (Å²) >= 11 is 6.00. The van der Waals surface area contributed by atoms with Crippen molar-refractivity contribution in [1.82, 2.24) is 4.57 Å². The van der Waals surface area contributed by atoms with Gasteiger partial charge in [-0.05, 0) is 38.1 Å². The van der Waals surface area contributed by atoms with Gasteiger partial charge in [-0.25, -0.2) is 0 Å². The topological polar surface area (TPSA) is 74.9 Å². The number of carbonyl (C=O) groups excluding carboxylic acids is 1. The Hall–Kier alpha value is -2.58. The molecular formula is C16H14ClN3O2. The van der Waals surface area contributed by atoms with Crippen LogP contribution in [0.5, 0.6) is 0 Å². The zero-order valence-corrected chi connectivity index (χ0v) is 12.9. The number of anilines is 1. The molecule has 2 rings (SSSR count). The summed E-state index contributed by atoms with van der Waals surface area (Å²) in [5.74, 6) is -0.381. The summed E-state index contributed by atoms with van der Waals surface area (Å²) in [7, 11) is 0. The molecule has 1 amide bonds. The van der Waals surface area contributed by atoms with Gasteiger partial charge in [0.05, 0.1) is 10.7 Å². The van der Waals surface area contributed by atoms with Crippen LogP contribution in [-0.4, -0.2) is 10.5 Å². The van der Waals surface area contributed by atoms with Crippen molar-refractivity contribution < 1.29 is 4.79 Å². The molecule has 0 fully saturated rings. The van der Waals surface area contributed by atoms with Crippen LogP contribution in [0.1, 0.15) is 24.2 Å². The number of aryl methyl sites for hydroxylation is 1. The Balaban J connectivity index is 2.35. The maximum absolute atomic E-state index is 12.4. The van der Waals surface area contributed by atoms with E-state index in [4.69, 9.17) is 16.9 Å². The molecule has 0 bridgehead atoms. The smallest absolute Gasteiger partial charge is 0.269 e. The molecule has 0 aliphatic heterocycles. The first-order valence-corrected chi connectivity index (χ1v) is 7.01. The Morgan fingerprint density at radius 2 is 2.00 bits per heavy atom. The van der Waals surface area contributed by atoms with Gasteiger partial charge < -0.3 is 5.32 Å². The van der Waals surface area contributed by atoms with Crippen LogP contribution in [0, 0.1) is 18.3 Å². The minimum atomic E-state index is -0.767. The van der Waals surface area contributed by atoms with Gasteiger partial charge in [-0.2, -0.15) is 5.26 Å². The molecular weight excluding hydrogens is 302 g/mol. The number of benzene rings is 1. The van der Waals surface area contributed by atoms with Crippen molar-refractivity contribution in [3.8, 4) is 6.07 Å². The number of nitrogens with zero attached hydrogens (tertiary/aromatic N) is 2. The standard InChI is InChI=1S/C16H14ClN3O2/c1-10-7-8-12(9-18)16(22)20(10)11(2)15(21)19-14-6-4-3-5-13(14)17/h3-8,11H,1-2H3,(H,19,21). The number of amides is 1. The normalized spacial score (nSPS) is 11.5. The lowest BCUT2D eigenvalue weighted by molar-refractivity contribution is -0.118. The molecule has 0 radical (unpaired) electrons. The molecule has 0 aliphatic carbocycles. The van der Waals surface area contributed by atoms with E-state index in [0.717, 1.165) is 0 Å². The van der Waals surface area contributed by atoms with E-state index in [9.17, 15) is 9.59 Å². The second-order valence-electron chi connectivity index (χ2n) is 4.82. The van der Waals surface area contributed by atoms with Crippen molar-refractivity contribution in [2.24, 2.45) is 0 Å². The number of hydrogen-bond acceptors (Lipinski definition) is 3. The SMILES string of the molecule is Cc1ccc(C#N)c(=O)n1C(C)C(=O)Nc1ccccc1Cl. The van der Waals surface area contributed by atoms with Crippen LogP contribution in [0.25, 0.3) is 0 Å². The number of rotatable bonds is 3. The third-order valence-corrected chi connectivity index (χ3v) is 3.67. The fourth-order valence-corrected chi connectivity index (χ4v) is 2.31. The molecule has 1 aromatic heterocycles. The van der Waals surface area contributed by atoms with Crippen LogP contribution in [0.4, 0.5) is 5.69 Å². The lowest BCUT2D eigenvalue weighted by atomic mass is 10.2. The number of pyridine rings is 1. The highest BCUT2D eigenvalue weighted by atomic mass is 35.5. The molecule has 2 aromatic rings. The quantitative estimate of drug-likeness (QED) is 0.946. The fraction of sp³-hybridized carbons (Fsp3) is 0.188. The summed E-state index contributed by atoms with van der Waals surface area (Å²) in [6.45, 7) is 3.31. The van der Waals surface area contributed by atoms with Gasteiger partial charge in [0.2, 0.25) is 5.91 Å². The largest absolute Gasteiger partial charge is 0.323 e. The lowest BCUT2D eigenvalue weighted by Gasteiger charge is -2.18. The van der Waals surface area contributed by atoms with Crippen molar-refractivity contribution in [2.45, 2.75) is 19.9 Å². The second kappa shape index (κ2) is 6.46. The molecule has 6 heteroatoms. The molecule has 1 unspecified atom stereocenters. The van der Waals surface area contributed by atoms with E-state index in [-0.39, 0.29) is 11.5 Å². The van der Waals surface area contributed by atoms with Crippen LogP contribution in [0.3, 0.4) is 0 Å². The van der Waals surface area contributed by atoms with Crippen LogP contribution >= 0.6 is 11.6 Å². The average molecular weight is 316 g/mol. The number of nitriles is 1. The zero-order chi connectivity index (χ0) is 16.3. The van der Waals surface area contributed by atoms with Gasteiger partial charge in [-0.15, -0.1) is 0 Å². The second-order valence-corrected chi connectivity index (χ2v) is 5.23. The molecule has 0 spiro atoms. The van der Waals surface area contributed by atoms with Crippen LogP contribution in [0.15, 0.2) is 41.2 Å². The third-order valence-electron chi connectivity index (χ3n) is 3.34. The lowest BCUT2D eigenvalue weighted by Crippen LogP contribution is -2.34. The first-order valence-electron chi connectivity index (χ1n) is 6.63. The van der Waals surface area contributed by atoms with Gasteiger partial charge in [0.15, 0.2) is 0 Å². The molecule has 5 nitrogen and oxygen atoms in total. The van der Waals surface area contributed by atoms with Crippen LogP contribution in [0.2, 0.25) is 5.02 Å². The molecule has 0 saturated carbocycles. The first kappa shape index (κ1) is 15.8. The van der Waals surface area contributed by atoms with Gasteiger partial charge >= 0.3 is 0 Å². The summed E-state index contributed by atoms with van der Waals surface area (Å²) in [4.78, 5) is 24.6. The maximum atomic E-state index is 12.4. The average Bonchev–Trinajstić information content (AvgIpc) is 2.49. The zero-order valence-electron chi connectivity index (χ0n) is 12.1. The van der Waals surface area contributed by atoms with E-state index in [1.165, 1.54) is 10.6 Å². The monoisotopic (exact) mass is 315 g/mol. The number of carbonyl (C=O) groups is 1. The first-order chi connectivity index (χ1) is 10.5. The Kier molecular flexibility index (Phi) is 4.64. The van der Waals surface area contributed by atoms with Gasteiger partial charge in [-0.3, -0.25) is 14.2 Å². The maximum Gasteiger partial charge on any atom is 0.269 e. The van der Waals surface area contributed by atoms with E-state index in [0.29, 0.717) is 16.4 Å². The summed E-state index contributed by atoms with van der Waals surface area (Å²) in [6, 6.07) is 11.0. The van der Waals surface area contributed by atoms with E-state index >= 15 is 0 Å². The van der Waals surface area contributed by atoms with Gasteiger partial charge in [0.25, 0.3) is 5.56 Å². The van der Waals surface area contributed by atoms with Crippen molar-refractivity contribution in [2.75, 3.05) is 5.32 Å². The molecule has 1 aromatic carbocycles. The summed E-state index contributed by atoms with van der Waals surface area (Å²) in [5.41, 5.74) is 0.598. The Labute approximate surface area is 132 Å². The summed E-state index contributed by atoms with van der Waals surface area (Å²) in [6.07, 6.45) is 0. The predicted molar refractivity (Wildman–Crippen MR) is 84.9 cm³/mol. The van der Waals surface area contributed by atoms with Gasteiger partial charge in [-0.1, -0.05) is 23.7 Å². The molecule has 1 atom stereocenters. The van der Waals surface area contributed by atoms with E-state index in [1.807, 2.05) is 6.07 Å². The number of hydrogen-bond donors (Lipinski definition) is 1. The summed E-state index contributed by atoms with van der Waals surface area (Å²) < 4.78 is 1.30. The van der Waals surface area contributed by atoms with Crippen molar-refractivity contribution in [3.63, 3.8) is 0 Å². The van der Waals surface area contributed by atoms with Crippen molar-refractivity contribution in [3.05, 3.63) is 63.0 Å². The minimum Gasteiger partial charge on any atom is -0.323 e. The van der Waals surface area contributed by atoms with E-state index < -0.39 is 11.6 Å². The van der Waals surface area contributed by atoms with Crippen molar-refractivity contribution >= 4 is 23.2 Å². The Bertz CT molecular complexity index is 821. The Morgan fingerprint density at radius 1 is 1.32 bits per heavy atom. The highest BCUT2D eigenvalue weighted by Gasteiger charge is 2.20. The van der Waals surface area contributed by atoms with Crippen LogP contribution < -0.4 is 10.9 Å². The summed E-state index contributed by atoms with van der Waals surface area (Å²) in [5, 5.41) is 12.0. The molecule has 1 heterocycles. The van der Waals surface area contributed by atoms with Crippen molar-refractivity contribution in [1.29, 1.82) is 5.26 Å². The predicted octanol–water partition coefficient (Wildman–Crippen LogP) is 2.88. The van der Waals surface area contributed by atoms with Gasteiger partial charge in [0.1, 0.15) is 17.7 Å². The van der Waals surface area contributed by atoms with E-state index in [2.05, 4.69) is 5.32 Å². The van der Waals surface area contributed by atoms with Gasteiger partial charge in [0, 0.05) is 5.69 Å². The minimum absolute atomic E-state index is 0.00277. The highest BCUT2D eigenvalue weighted by molar-refractivity contribution is 6.33. The molecule has 0 aliphatic rings. The fourth-order valence-electron chi connectivity index (χ4n) is 2.13. The molecule has 0 saturated heterocycles. The Morgan fingerprint density at radius 3 is 2.64 bits per heavy atom. The molecule has 112 valence electrons. The highest BCUT2D eigenvalue weighted by Crippen LogP contribution is 2.21. The number of halogens is 1. The molecule has 22 heavy (non-hydrogen) atoms. The van der Waals surface area contributed by atoms with E-state index in [1.54, 1.807) is 44.2 Å². The van der Waals surface area contributed by atoms with Crippen LogP contribution in [-0.2, 0) is 4.79 Å². The number of nitrogens with one attached hydrogen (secondary N) is 1. The third kappa shape index (κ3) is 3.02. The number of aromatic nitrogens is 1. The number of para-hydroxylation sites is 1.